The van der Waals surface area contributed by atoms with Crippen molar-refractivity contribution in [3.63, 3.8) is 0 Å². The lowest BCUT2D eigenvalue weighted by molar-refractivity contribution is -0.114. The zero-order valence-electron chi connectivity index (χ0n) is 20.2. The van der Waals surface area contributed by atoms with Crippen molar-refractivity contribution in [2.24, 2.45) is 0 Å². The van der Waals surface area contributed by atoms with Gasteiger partial charge >= 0.3 is 0 Å². The van der Waals surface area contributed by atoms with E-state index in [0.717, 1.165) is 39.5 Å². The molecule has 34 heavy (non-hydrogen) atoms. The van der Waals surface area contributed by atoms with Crippen molar-refractivity contribution < 1.29 is 13.9 Å². The predicted octanol–water partition coefficient (Wildman–Crippen LogP) is 5.75. The number of oxazole rings is 1. The molecule has 0 amide bonds. The number of rotatable bonds is 10. The Morgan fingerprint density at radius 2 is 2.06 bits per heavy atom. The van der Waals surface area contributed by atoms with Crippen LogP contribution in [0.1, 0.15) is 12.5 Å². The zero-order valence-corrected chi connectivity index (χ0v) is 21.2. The number of carbonyl (C=O) groups is 1. The lowest BCUT2D eigenvalue weighted by Gasteiger charge is -2.15. The molecule has 0 aliphatic carbocycles. The molecule has 0 unspecified atom stereocenters. The molecule has 3 heterocycles. The second-order valence-electron chi connectivity index (χ2n) is 9.73. The quantitative estimate of drug-likeness (QED) is 0.165. The SMILES string of the molecule is C=C(C)C(=O)Cc1cccc(-c2ncnc3c2c(-c2cnco2)cn3COCC[Si](C)(C)C)c1. The normalized spacial score (nSPS) is 11.8. The molecule has 0 aliphatic heterocycles. The van der Waals surface area contributed by atoms with Crippen molar-refractivity contribution >= 4 is 24.9 Å². The Labute approximate surface area is 200 Å². The fourth-order valence-electron chi connectivity index (χ4n) is 3.68. The maximum Gasteiger partial charge on any atom is 0.181 e. The summed E-state index contributed by atoms with van der Waals surface area (Å²) in [4.78, 5) is 25.5. The van der Waals surface area contributed by atoms with Gasteiger partial charge in [-0.25, -0.2) is 15.0 Å². The lowest BCUT2D eigenvalue weighted by atomic mass is 9.99. The van der Waals surface area contributed by atoms with E-state index in [1.54, 1.807) is 19.4 Å². The molecule has 0 bridgehead atoms. The van der Waals surface area contributed by atoms with Crippen molar-refractivity contribution in [2.45, 2.75) is 45.8 Å². The van der Waals surface area contributed by atoms with Gasteiger partial charge in [0.05, 0.1) is 17.3 Å². The molecule has 0 radical (unpaired) electrons. The first-order valence-electron chi connectivity index (χ1n) is 11.3. The Kier molecular flexibility index (Phi) is 6.90. The zero-order chi connectivity index (χ0) is 24.3. The standard InChI is InChI=1S/C26H30N4O3Si/c1-18(2)22(31)12-19-7-6-8-20(11-19)25-24-21(23-13-27-16-33-23)14-30(26(24)29-15-28-25)17-32-9-10-34(3,4)5/h6-8,11,13-16H,1,9-10,12,17H2,2-5H3. The van der Waals surface area contributed by atoms with Crippen LogP contribution in [0.2, 0.25) is 25.7 Å². The number of allylic oxidation sites excluding steroid dienone is 1. The van der Waals surface area contributed by atoms with Crippen LogP contribution in [0.5, 0.6) is 0 Å². The minimum atomic E-state index is -1.18. The second-order valence-corrected chi connectivity index (χ2v) is 15.3. The van der Waals surface area contributed by atoms with Crippen LogP contribution in [-0.4, -0.2) is 40.0 Å². The largest absolute Gasteiger partial charge is 0.443 e. The summed E-state index contributed by atoms with van der Waals surface area (Å²) in [6.07, 6.45) is 6.94. The van der Waals surface area contributed by atoms with Crippen LogP contribution in [-0.2, 0) is 22.7 Å². The minimum absolute atomic E-state index is 0.0222. The van der Waals surface area contributed by atoms with Gasteiger partial charge in [0.1, 0.15) is 18.7 Å². The highest BCUT2D eigenvalue weighted by atomic mass is 28.3. The van der Waals surface area contributed by atoms with Gasteiger partial charge in [0, 0.05) is 38.4 Å². The van der Waals surface area contributed by atoms with E-state index in [1.807, 2.05) is 35.0 Å². The van der Waals surface area contributed by atoms with Crippen molar-refractivity contribution in [2.75, 3.05) is 6.61 Å². The monoisotopic (exact) mass is 474 g/mol. The molecule has 0 atom stereocenters. The number of hydrogen-bond donors (Lipinski definition) is 0. The predicted molar refractivity (Wildman–Crippen MR) is 136 cm³/mol. The molecule has 7 nitrogen and oxygen atoms in total. The molecule has 0 aliphatic rings. The van der Waals surface area contributed by atoms with Gasteiger partial charge in [-0.2, -0.15) is 0 Å². The van der Waals surface area contributed by atoms with E-state index in [-0.39, 0.29) is 5.78 Å². The highest BCUT2D eigenvalue weighted by molar-refractivity contribution is 6.76. The number of fused-ring (bicyclic) bond motifs is 1. The van der Waals surface area contributed by atoms with Crippen molar-refractivity contribution in [3.05, 3.63) is 67.1 Å². The van der Waals surface area contributed by atoms with E-state index in [2.05, 4.69) is 41.2 Å². The Hall–Kier alpha value is -3.36. The third-order valence-electron chi connectivity index (χ3n) is 5.62. The summed E-state index contributed by atoms with van der Waals surface area (Å²) in [6.45, 7) is 13.6. The first-order chi connectivity index (χ1) is 16.2. The summed E-state index contributed by atoms with van der Waals surface area (Å²) in [6, 6.07) is 8.96. The number of nitrogens with zero attached hydrogens (tertiary/aromatic N) is 4. The van der Waals surface area contributed by atoms with E-state index in [1.165, 1.54) is 6.39 Å². The van der Waals surface area contributed by atoms with E-state index >= 15 is 0 Å². The molecule has 3 aromatic heterocycles. The molecule has 4 aromatic rings. The molecule has 8 heteroatoms. The van der Waals surface area contributed by atoms with Crippen LogP contribution in [0.15, 0.2) is 65.9 Å². The van der Waals surface area contributed by atoms with Gasteiger partial charge in [-0.15, -0.1) is 0 Å². The molecule has 0 fully saturated rings. The van der Waals surface area contributed by atoms with Crippen LogP contribution < -0.4 is 0 Å². The average Bonchev–Trinajstić information content (AvgIpc) is 3.44. The third-order valence-corrected chi connectivity index (χ3v) is 7.32. The number of Topliss-reactive ketones (excluding diaryl/α,β-unsaturated/α-hetero) is 1. The Balaban J connectivity index is 1.75. The molecule has 1 aromatic carbocycles. The summed E-state index contributed by atoms with van der Waals surface area (Å²) < 4.78 is 13.6. The number of ketones is 1. The van der Waals surface area contributed by atoms with Crippen molar-refractivity contribution in [3.8, 4) is 22.6 Å². The smallest absolute Gasteiger partial charge is 0.181 e. The van der Waals surface area contributed by atoms with E-state index < -0.39 is 8.07 Å². The maximum atomic E-state index is 12.2. The highest BCUT2D eigenvalue weighted by Gasteiger charge is 2.20. The first-order valence-corrected chi connectivity index (χ1v) is 15.0. The summed E-state index contributed by atoms with van der Waals surface area (Å²) in [5.41, 5.74) is 4.73. The topological polar surface area (TPSA) is 83.0 Å². The second kappa shape index (κ2) is 9.86. The Morgan fingerprint density at radius 3 is 2.76 bits per heavy atom. The van der Waals surface area contributed by atoms with E-state index in [9.17, 15) is 4.79 Å². The summed E-state index contributed by atoms with van der Waals surface area (Å²) >= 11 is 0. The van der Waals surface area contributed by atoms with Crippen molar-refractivity contribution in [1.82, 2.24) is 19.5 Å². The summed E-state index contributed by atoms with van der Waals surface area (Å²) in [5, 5.41) is 0.858. The number of aromatic nitrogens is 4. The van der Waals surface area contributed by atoms with Gasteiger partial charge in [-0.05, 0) is 30.2 Å². The number of benzene rings is 1. The Bertz CT molecular complexity index is 1320. The number of carbonyl (C=O) groups excluding carboxylic acids is 1. The maximum absolute atomic E-state index is 12.2. The van der Waals surface area contributed by atoms with Crippen LogP contribution in [0, 0.1) is 0 Å². The molecule has 0 N–H and O–H groups in total. The number of hydrogen-bond acceptors (Lipinski definition) is 6. The van der Waals surface area contributed by atoms with Crippen LogP contribution >= 0.6 is 0 Å². The van der Waals surface area contributed by atoms with Crippen LogP contribution in [0.4, 0.5) is 0 Å². The fraction of sp³-hybridized carbons (Fsp3) is 0.308. The molecule has 4 rings (SSSR count). The van der Waals surface area contributed by atoms with Crippen LogP contribution in [0.3, 0.4) is 0 Å². The highest BCUT2D eigenvalue weighted by Crippen LogP contribution is 2.36. The molecule has 0 saturated heterocycles. The fourth-order valence-corrected chi connectivity index (χ4v) is 4.44. The van der Waals surface area contributed by atoms with Crippen molar-refractivity contribution in [1.29, 1.82) is 0 Å². The number of ether oxygens (including phenoxy) is 1. The summed E-state index contributed by atoms with van der Waals surface area (Å²) in [7, 11) is -1.18. The molecule has 0 saturated carbocycles. The van der Waals surface area contributed by atoms with Gasteiger partial charge in [0.15, 0.2) is 17.9 Å². The lowest BCUT2D eigenvalue weighted by Crippen LogP contribution is -2.22. The first kappa shape index (κ1) is 23.8. The molecular formula is C26H30N4O3Si. The average molecular weight is 475 g/mol. The molecule has 176 valence electrons. The third kappa shape index (κ3) is 5.40. The van der Waals surface area contributed by atoms with Gasteiger partial charge < -0.3 is 13.7 Å². The molecule has 0 spiro atoms. The van der Waals surface area contributed by atoms with E-state index in [4.69, 9.17) is 9.15 Å². The minimum Gasteiger partial charge on any atom is -0.443 e. The van der Waals surface area contributed by atoms with Gasteiger partial charge in [0.2, 0.25) is 0 Å². The summed E-state index contributed by atoms with van der Waals surface area (Å²) in [5.74, 6) is 0.657. The Morgan fingerprint density at radius 1 is 1.24 bits per heavy atom. The molecular weight excluding hydrogens is 444 g/mol. The van der Waals surface area contributed by atoms with Gasteiger partial charge in [0.25, 0.3) is 0 Å². The van der Waals surface area contributed by atoms with Gasteiger partial charge in [-0.1, -0.05) is 44.4 Å². The van der Waals surface area contributed by atoms with Crippen LogP contribution in [0.25, 0.3) is 33.6 Å². The van der Waals surface area contributed by atoms with Gasteiger partial charge in [-0.3, -0.25) is 4.79 Å². The van der Waals surface area contributed by atoms with E-state index in [0.29, 0.717) is 31.1 Å².